The Labute approximate surface area is 110 Å². The second-order valence-corrected chi connectivity index (χ2v) is 7.78. The number of rotatable bonds is 0. The molecule has 1 N–H and O–H groups in total. The topological polar surface area (TPSA) is 45.0 Å². The Balaban J connectivity index is 2.03. The summed E-state index contributed by atoms with van der Waals surface area (Å²) in [5, 5.41) is 19.9. The molecule has 3 aliphatic rings. The number of fused-ring (bicyclic) bond motifs is 3. The van der Waals surface area contributed by atoms with Crippen molar-refractivity contribution in [1.29, 1.82) is 0 Å². The predicted octanol–water partition coefficient (Wildman–Crippen LogP) is 3.42. The Kier molecular flexibility index (Phi) is 2.35. The highest BCUT2D eigenvalue weighted by Gasteiger charge is 2.69. The first-order valence-corrected chi connectivity index (χ1v) is 7.36. The van der Waals surface area contributed by atoms with Gasteiger partial charge in [0, 0.05) is 5.41 Å². The van der Waals surface area contributed by atoms with E-state index in [1.54, 1.807) is 0 Å². The molecule has 3 rings (SSSR count). The summed E-state index contributed by atoms with van der Waals surface area (Å²) in [6, 6.07) is 0.00441. The van der Waals surface area contributed by atoms with E-state index in [0.717, 1.165) is 12.8 Å². The zero-order valence-corrected chi connectivity index (χ0v) is 12.3. The largest absolute Gasteiger partial charge is 0.385 e. The van der Waals surface area contributed by atoms with Crippen LogP contribution < -0.4 is 0 Å². The smallest absolute Gasteiger partial charge is 0.118 e. The van der Waals surface area contributed by atoms with E-state index >= 15 is 0 Å². The van der Waals surface area contributed by atoms with Crippen molar-refractivity contribution >= 4 is 0 Å². The molecule has 3 nitrogen and oxygen atoms in total. The third-order valence-electron chi connectivity index (χ3n) is 6.86. The van der Waals surface area contributed by atoms with Crippen molar-refractivity contribution in [2.24, 2.45) is 32.9 Å². The van der Waals surface area contributed by atoms with Crippen LogP contribution in [0.3, 0.4) is 0 Å². The van der Waals surface area contributed by atoms with Crippen LogP contribution >= 0.6 is 0 Å². The summed E-state index contributed by atoms with van der Waals surface area (Å²) in [4.78, 5) is 0. The Hall–Kier alpha value is -0.440. The molecule has 5 unspecified atom stereocenters. The van der Waals surface area contributed by atoms with Crippen molar-refractivity contribution in [3.8, 4) is 0 Å². The van der Waals surface area contributed by atoms with E-state index < -0.39 is 5.60 Å². The summed E-state index contributed by atoms with van der Waals surface area (Å²) >= 11 is 0. The van der Waals surface area contributed by atoms with E-state index in [1.807, 2.05) is 6.92 Å². The molecule has 0 spiro atoms. The Morgan fingerprint density at radius 3 is 2.39 bits per heavy atom. The Bertz CT molecular complexity index is 405. The molecule has 0 radical (unpaired) electrons. The third kappa shape index (κ3) is 1.19. The summed E-state index contributed by atoms with van der Waals surface area (Å²) < 4.78 is 0. The molecule has 0 saturated heterocycles. The van der Waals surface area contributed by atoms with Gasteiger partial charge in [0.1, 0.15) is 11.6 Å². The van der Waals surface area contributed by atoms with Crippen LogP contribution in [0.5, 0.6) is 0 Å². The van der Waals surface area contributed by atoms with Gasteiger partial charge in [0.05, 0.1) is 6.04 Å². The number of hydrogen-bond donors (Lipinski definition) is 1. The van der Waals surface area contributed by atoms with Gasteiger partial charge in [-0.25, -0.2) is 0 Å². The first kappa shape index (κ1) is 12.6. The van der Waals surface area contributed by atoms with Gasteiger partial charge in [-0.15, -0.1) is 0 Å². The maximum absolute atomic E-state index is 11.3. The fourth-order valence-corrected chi connectivity index (χ4v) is 5.01. The van der Waals surface area contributed by atoms with E-state index in [-0.39, 0.29) is 17.5 Å². The van der Waals surface area contributed by atoms with Crippen LogP contribution in [0.2, 0.25) is 0 Å². The van der Waals surface area contributed by atoms with E-state index in [9.17, 15) is 5.11 Å². The SMILES string of the molecule is CC1C2CC3N=NC(C)[C@]3(O)C2(C)CCC1(C)C. The Morgan fingerprint density at radius 1 is 1.06 bits per heavy atom. The lowest BCUT2D eigenvalue weighted by atomic mass is 9.52. The molecule has 102 valence electrons. The molecule has 3 heteroatoms. The van der Waals surface area contributed by atoms with Gasteiger partial charge in [-0.1, -0.05) is 27.7 Å². The average molecular weight is 250 g/mol. The minimum atomic E-state index is -0.692. The maximum atomic E-state index is 11.3. The maximum Gasteiger partial charge on any atom is 0.118 e. The molecule has 1 heterocycles. The summed E-state index contributed by atoms with van der Waals surface area (Å²) in [5.41, 5.74) is -0.308. The predicted molar refractivity (Wildman–Crippen MR) is 71.4 cm³/mol. The fraction of sp³-hybridized carbons (Fsp3) is 1.00. The lowest BCUT2D eigenvalue weighted by Gasteiger charge is -2.54. The van der Waals surface area contributed by atoms with E-state index in [2.05, 4.69) is 37.9 Å². The summed E-state index contributed by atoms with van der Waals surface area (Å²) in [5.74, 6) is 1.23. The van der Waals surface area contributed by atoms with Crippen molar-refractivity contribution in [1.82, 2.24) is 0 Å². The third-order valence-corrected chi connectivity index (χ3v) is 6.86. The highest BCUT2D eigenvalue weighted by atomic mass is 16.3. The molecule has 0 aromatic carbocycles. The molecule has 0 aromatic rings. The van der Waals surface area contributed by atoms with Gasteiger partial charge in [-0.2, -0.15) is 10.2 Å². The highest BCUT2D eigenvalue weighted by molar-refractivity contribution is 5.21. The minimum Gasteiger partial charge on any atom is -0.385 e. The normalized spacial score (nSPS) is 57.4. The monoisotopic (exact) mass is 250 g/mol. The van der Waals surface area contributed by atoms with Gasteiger partial charge >= 0.3 is 0 Å². The van der Waals surface area contributed by atoms with Crippen LogP contribution in [0.25, 0.3) is 0 Å². The van der Waals surface area contributed by atoms with Crippen LogP contribution in [0.15, 0.2) is 10.2 Å². The van der Waals surface area contributed by atoms with Crippen molar-refractivity contribution in [2.75, 3.05) is 0 Å². The van der Waals surface area contributed by atoms with E-state index in [0.29, 0.717) is 17.3 Å². The van der Waals surface area contributed by atoms with Crippen LogP contribution in [0.1, 0.15) is 53.9 Å². The Morgan fingerprint density at radius 2 is 1.72 bits per heavy atom. The lowest BCUT2D eigenvalue weighted by molar-refractivity contribution is -0.125. The van der Waals surface area contributed by atoms with Crippen LogP contribution in [-0.4, -0.2) is 22.8 Å². The van der Waals surface area contributed by atoms with Crippen LogP contribution in [0.4, 0.5) is 0 Å². The number of nitrogens with zero attached hydrogens (tertiary/aromatic N) is 2. The van der Waals surface area contributed by atoms with E-state index in [1.165, 1.54) is 6.42 Å². The zero-order valence-electron chi connectivity index (χ0n) is 12.3. The zero-order chi connectivity index (χ0) is 13.3. The van der Waals surface area contributed by atoms with Crippen molar-refractivity contribution in [3.05, 3.63) is 0 Å². The van der Waals surface area contributed by atoms with Gasteiger partial charge in [-0.3, -0.25) is 0 Å². The van der Waals surface area contributed by atoms with Gasteiger partial charge in [0.2, 0.25) is 0 Å². The quantitative estimate of drug-likeness (QED) is 0.703. The molecule has 0 bridgehead atoms. The average Bonchev–Trinajstić information content (AvgIpc) is 2.71. The van der Waals surface area contributed by atoms with Gasteiger partial charge in [-0.05, 0) is 43.4 Å². The van der Waals surface area contributed by atoms with E-state index in [4.69, 9.17) is 0 Å². The van der Waals surface area contributed by atoms with Crippen molar-refractivity contribution in [2.45, 2.75) is 71.6 Å². The molecule has 2 fully saturated rings. The van der Waals surface area contributed by atoms with Crippen LogP contribution in [0, 0.1) is 22.7 Å². The molecule has 2 aliphatic carbocycles. The summed E-state index contributed by atoms with van der Waals surface area (Å²) in [7, 11) is 0. The lowest BCUT2D eigenvalue weighted by Crippen LogP contribution is -2.57. The number of hydrogen-bond acceptors (Lipinski definition) is 3. The van der Waals surface area contributed by atoms with Gasteiger partial charge in [0.25, 0.3) is 0 Å². The molecule has 0 amide bonds. The molecule has 6 atom stereocenters. The molecular weight excluding hydrogens is 224 g/mol. The second kappa shape index (κ2) is 3.36. The molecule has 1 aliphatic heterocycles. The van der Waals surface area contributed by atoms with Crippen LogP contribution in [-0.2, 0) is 0 Å². The standard InChI is InChI=1S/C15H26N2O/c1-9-11-8-12-15(18,10(2)16-17-12)14(11,5)7-6-13(9,3)4/h9-12,18H,6-8H2,1-5H3/t9?,10?,11?,12?,14?,15-/m1/s1. The first-order valence-electron chi connectivity index (χ1n) is 7.36. The van der Waals surface area contributed by atoms with Gasteiger partial charge in [0.15, 0.2) is 0 Å². The van der Waals surface area contributed by atoms with Crippen molar-refractivity contribution < 1.29 is 5.11 Å². The first-order chi connectivity index (χ1) is 8.23. The molecule has 2 saturated carbocycles. The molecular formula is C15H26N2O. The fourth-order valence-electron chi connectivity index (χ4n) is 5.01. The number of aliphatic hydroxyl groups is 1. The molecule has 18 heavy (non-hydrogen) atoms. The van der Waals surface area contributed by atoms with Gasteiger partial charge < -0.3 is 5.11 Å². The second-order valence-electron chi connectivity index (χ2n) is 7.78. The molecule has 0 aromatic heterocycles. The minimum absolute atomic E-state index is 0.00444. The highest BCUT2D eigenvalue weighted by Crippen LogP contribution is 2.66. The summed E-state index contributed by atoms with van der Waals surface area (Å²) in [6.07, 6.45) is 3.33. The van der Waals surface area contributed by atoms with Crippen molar-refractivity contribution in [3.63, 3.8) is 0 Å². The number of azo groups is 1. The summed E-state index contributed by atoms with van der Waals surface area (Å²) in [6.45, 7) is 11.4.